The van der Waals surface area contributed by atoms with Crippen molar-refractivity contribution in [3.05, 3.63) is 11.5 Å². The molecule has 5 heteroatoms. The van der Waals surface area contributed by atoms with Crippen LogP contribution in [0.4, 0.5) is 11.5 Å². The average Bonchev–Trinajstić information content (AvgIpc) is 2.16. The van der Waals surface area contributed by atoms with E-state index in [4.69, 9.17) is 17.3 Å². The summed E-state index contributed by atoms with van der Waals surface area (Å²) in [4.78, 5) is 7.71. The van der Waals surface area contributed by atoms with Gasteiger partial charge in [0.1, 0.15) is 12.0 Å². The van der Waals surface area contributed by atoms with Gasteiger partial charge in [-0.05, 0) is 6.42 Å². The van der Waals surface area contributed by atoms with Crippen LogP contribution in [0.5, 0.6) is 0 Å². The highest BCUT2D eigenvalue weighted by Gasteiger charge is 2.05. The first-order valence-electron chi connectivity index (χ1n) is 4.75. The number of nitrogen functional groups attached to an aromatic ring is 1. The van der Waals surface area contributed by atoms with E-state index in [1.165, 1.54) is 19.2 Å². The standard InChI is InChI=1S/C9H15ClN4/c1-2-3-4-5-12-7-8(10)13-6-14-9(7)11/h6,12H,2-5H2,1H3,(H2,11,13,14). The fourth-order valence-electron chi connectivity index (χ4n) is 1.13. The molecule has 0 aliphatic rings. The number of hydrogen-bond donors (Lipinski definition) is 2. The third-order valence-electron chi connectivity index (χ3n) is 1.91. The lowest BCUT2D eigenvalue weighted by Gasteiger charge is -2.08. The zero-order valence-electron chi connectivity index (χ0n) is 8.26. The summed E-state index contributed by atoms with van der Waals surface area (Å²) < 4.78 is 0. The molecular weight excluding hydrogens is 200 g/mol. The Kier molecular flexibility index (Phi) is 4.46. The fraction of sp³-hybridized carbons (Fsp3) is 0.556. The van der Waals surface area contributed by atoms with Gasteiger partial charge in [-0.2, -0.15) is 0 Å². The molecule has 0 aliphatic heterocycles. The molecule has 0 amide bonds. The van der Waals surface area contributed by atoms with Crippen LogP contribution in [0.25, 0.3) is 0 Å². The van der Waals surface area contributed by atoms with Crippen LogP contribution in [-0.4, -0.2) is 16.5 Å². The van der Waals surface area contributed by atoms with Gasteiger partial charge in [0.25, 0.3) is 0 Å². The van der Waals surface area contributed by atoms with Crippen molar-refractivity contribution in [2.45, 2.75) is 26.2 Å². The van der Waals surface area contributed by atoms with Crippen molar-refractivity contribution in [2.24, 2.45) is 0 Å². The Morgan fingerprint density at radius 1 is 1.43 bits per heavy atom. The number of nitrogens with zero attached hydrogens (tertiary/aromatic N) is 2. The second-order valence-corrected chi connectivity index (χ2v) is 3.42. The first-order chi connectivity index (χ1) is 6.75. The number of unbranched alkanes of at least 4 members (excludes halogenated alkanes) is 2. The third kappa shape index (κ3) is 3.03. The van der Waals surface area contributed by atoms with Crippen molar-refractivity contribution in [1.29, 1.82) is 0 Å². The number of nitrogens with one attached hydrogen (secondary N) is 1. The number of anilines is 2. The van der Waals surface area contributed by atoms with Crippen LogP contribution in [-0.2, 0) is 0 Å². The molecule has 0 aliphatic carbocycles. The summed E-state index contributed by atoms with van der Waals surface area (Å²) in [6, 6.07) is 0. The number of nitrogens with two attached hydrogens (primary N) is 1. The van der Waals surface area contributed by atoms with Crippen LogP contribution in [0, 0.1) is 0 Å². The maximum Gasteiger partial charge on any atom is 0.157 e. The summed E-state index contributed by atoms with van der Waals surface area (Å²) >= 11 is 5.85. The van der Waals surface area contributed by atoms with E-state index in [2.05, 4.69) is 22.2 Å². The van der Waals surface area contributed by atoms with E-state index < -0.39 is 0 Å². The van der Waals surface area contributed by atoms with Gasteiger partial charge < -0.3 is 11.1 Å². The minimum Gasteiger partial charge on any atom is -0.382 e. The van der Waals surface area contributed by atoms with E-state index in [9.17, 15) is 0 Å². The molecule has 78 valence electrons. The van der Waals surface area contributed by atoms with Gasteiger partial charge in [-0.15, -0.1) is 0 Å². The second-order valence-electron chi connectivity index (χ2n) is 3.06. The molecule has 1 aromatic rings. The highest BCUT2D eigenvalue weighted by molar-refractivity contribution is 6.32. The van der Waals surface area contributed by atoms with E-state index in [-0.39, 0.29) is 0 Å². The topological polar surface area (TPSA) is 63.8 Å². The minimum absolute atomic E-state index is 0.383. The molecule has 0 bridgehead atoms. The summed E-state index contributed by atoms with van der Waals surface area (Å²) in [5.74, 6) is 0.404. The van der Waals surface area contributed by atoms with Gasteiger partial charge in [0, 0.05) is 6.54 Å². The number of halogens is 1. The van der Waals surface area contributed by atoms with E-state index in [0.717, 1.165) is 13.0 Å². The molecule has 0 saturated heterocycles. The van der Waals surface area contributed by atoms with Crippen LogP contribution in [0.15, 0.2) is 6.33 Å². The monoisotopic (exact) mass is 214 g/mol. The Hall–Kier alpha value is -1.03. The summed E-state index contributed by atoms with van der Waals surface area (Å²) in [5.41, 5.74) is 6.28. The van der Waals surface area contributed by atoms with Crippen molar-refractivity contribution in [3.8, 4) is 0 Å². The lowest BCUT2D eigenvalue weighted by Crippen LogP contribution is -2.06. The predicted molar refractivity (Wildman–Crippen MR) is 59.5 cm³/mol. The van der Waals surface area contributed by atoms with Gasteiger partial charge in [0.15, 0.2) is 11.0 Å². The molecule has 0 spiro atoms. The molecule has 4 nitrogen and oxygen atoms in total. The highest BCUT2D eigenvalue weighted by Crippen LogP contribution is 2.23. The first-order valence-corrected chi connectivity index (χ1v) is 5.13. The van der Waals surface area contributed by atoms with Crippen molar-refractivity contribution in [2.75, 3.05) is 17.6 Å². The van der Waals surface area contributed by atoms with Crippen molar-refractivity contribution in [3.63, 3.8) is 0 Å². The van der Waals surface area contributed by atoms with Crippen molar-refractivity contribution in [1.82, 2.24) is 9.97 Å². The van der Waals surface area contributed by atoms with E-state index in [1.807, 2.05) is 0 Å². The fourth-order valence-corrected chi connectivity index (χ4v) is 1.34. The Morgan fingerprint density at radius 3 is 2.86 bits per heavy atom. The van der Waals surface area contributed by atoms with Crippen LogP contribution in [0.3, 0.4) is 0 Å². The van der Waals surface area contributed by atoms with Gasteiger partial charge in [-0.1, -0.05) is 31.4 Å². The van der Waals surface area contributed by atoms with Gasteiger partial charge in [0.05, 0.1) is 0 Å². The maximum atomic E-state index is 5.85. The Balaban J connectivity index is 2.49. The van der Waals surface area contributed by atoms with Crippen LogP contribution >= 0.6 is 11.6 Å². The minimum atomic E-state index is 0.383. The van der Waals surface area contributed by atoms with Gasteiger partial charge in [-0.25, -0.2) is 9.97 Å². The first kappa shape index (κ1) is 11.0. The summed E-state index contributed by atoms with van der Waals surface area (Å²) in [6.07, 6.45) is 4.84. The summed E-state index contributed by atoms with van der Waals surface area (Å²) in [5, 5.41) is 3.52. The predicted octanol–water partition coefficient (Wildman–Crippen LogP) is 2.31. The number of rotatable bonds is 5. The SMILES string of the molecule is CCCCCNc1c(N)ncnc1Cl. The molecule has 14 heavy (non-hydrogen) atoms. The van der Waals surface area contributed by atoms with Crippen LogP contribution < -0.4 is 11.1 Å². The highest BCUT2D eigenvalue weighted by atomic mass is 35.5. The zero-order chi connectivity index (χ0) is 10.4. The Morgan fingerprint density at radius 2 is 2.21 bits per heavy atom. The molecule has 1 heterocycles. The van der Waals surface area contributed by atoms with Crippen LogP contribution in [0.2, 0.25) is 5.15 Å². The Labute approximate surface area is 88.9 Å². The molecule has 0 atom stereocenters. The maximum absolute atomic E-state index is 5.85. The van der Waals surface area contributed by atoms with Gasteiger partial charge in [0.2, 0.25) is 0 Å². The Bertz CT molecular complexity index is 270. The smallest absolute Gasteiger partial charge is 0.157 e. The summed E-state index contributed by atoms with van der Waals surface area (Å²) in [7, 11) is 0. The van der Waals surface area contributed by atoms with Crippen LogP contribution in [0.1, 0.15) is 26.2 Å². The average molecular weight is 215 g/mol. The number of hydrogen-bond acceptors (Lipinski definition) is 4. The molecule has 0 radical (unpaired) electrons. The quantitative estimate of drug-likeness (QED) is 0.583. The molecule has 0 fully saturated rings. The van der Waals surface area contributed by atoms with Gasteiger partial charge >= 0.3 is 0 Å². The molecule has 3 N–H and O–H groups in total. The zero-order valence-corrected chi connectivity index (χ0v) is 9.01. The molecule has 0 saturated carbocycles. The lowest BCUT2D eigenvalue weighted by atomic mass is 10.2. The normalized spacial score (nSPS) is 10.1. The van der Waals surface area contributed by atoms with Gasteiger partial charge in [-0.3, -0.25) is 0 Å². The molecule has 0 unspecified atom stereocenters. The number of aromatic nitrogens is 2. The van der Waals surface area contributed by atoms with Crippen molar-refractivity contribution < 1.29 is 0 Å². The molecule has 1 rings (SSSR count). The largest absolute Gasteiger partial charge is 0.382 e. The summed E-state index contributed by atoms with van der Waals surface area (Å²) in [6.45, 7) is 3.01. The van der Waals surface area contributed by atoms with E-state index in [0.29, 0.717) is 16.7 Å². The van der Waals surface area contributed by atoms with E-state index >= 15 is 0 Å². The molecule has 1 aromatic heterocycles. The molecular formula is C9H15ClN4. The molecule has 0 aromatic carbocycles. The third-order valence-corrected chi connectivity index (χ3v) is 2.20. The second kappa shape index (κ2) is 5.65. The van der Waals surface area contributed by atoms with E-state index in [1.54, 1.807) is 0 Å². The van der Waals surface area contributed by atoms with Crippen molar-refractivity contribution >= 4 is 23.1 Å². The lowest BCUT2D eigenvalue weighted by molar-refractivity contribution is 0.743.